The van der Waals surface area contributed by atoms with Gasteiger partial charge in [0.15, 0.2) is 0 Å². The van der Waals surface area contributed by atoms with Crippen LogP contribution in [0.15, 0.2) is 60.8 Å². The summed E-state index contributed by atoms with van der Waals surface area (Å²) in [7, 11) is 1.61. The van der Waals surface area contributed by atoms with Crippen molar-refractivity contribution in [3.8, 4) is 39.5 Å². The minimum absolute atomic E-state index is 0.108. The minimum atomic E-state index is 0.108. The Hall–Kier alpha value is -4.02. The van der Waals surface area contributed by atoms with Crippen LogP contribution >= 0.6 is 23.2 Å². The number of nitrogens with zero attached hydrogens (tertiary/aromatic N) is 3. The number of pyridine rings is 2. The lowest BCUT2D eigenvalue weighted by Gasteiger charge is -2.20. The highest BCUT2D eigenvalue weighted by atomic mass is 35.5. The number of amides is 1. The summed E-state index contributed by atoms with van der Waals surface area (Å²) in [6, 6.07) is 18.9. The van der Waals surface area contributed by atoms with Crippen molar-refractivity contribution >= 4 is 40.1 Å². The topological polar surface area (TPSA) is 117 Å². The van der Waals surface area contributed by atoms with Crippen molar-refractivity contribution in [1.29, 1.82) is 0 Å². The molecule has 1 saturated carbocycles. The maximum Gasteiger partial charge on any atom is 0.220 e. The van der Waals surface area contributed by atoms with Gasteiger partial charge in [-0.15, -0.1) is 0 Å². The molecule has 2 aliphatic heterocycles. The number of rotatable bonds is 9. The number of imidazole rings is 1. The summed E-state index contributed by atoms with van der Waals surface area (Å²) in [6.45, 7) is 1.25. The van der Waals surface area contributed by atoms with Gasteiger partial charge in [0, 0.05) is 65.6 Å². The third-order valence-corrected chi connectivity index (χ3v) is 10.6. The van der Waals surface area contributed by atoms with Crippen LogP contribution in [-0.2, 0) is 11.3 Å². The van der Waals surface area contributed by atoms with Gasteiger partial charge in [0.2, 0.25) is 11.8 Å². The molecule has 4 N–H and O–H groups in total. The molecule has 0 spiro atoms. The number of H-pyrrole nitrogens is 1. The molecule has 1 amide bonds. The van der Waals surface area contributed by atoms with Crippen LogP contribution in [0, 0.1) is 5.92 Å². The standard InChI is InChI=1S/C36H35Cl2N7O2/c1-47-36-21(17-39-18-23-9-12-30(46)41-23)7-10-27(45-36)26-4-2-3-24(31(26)37)25-13-14-40-33(32(25)38)20-6-11-28-29(16-20)44-35(43-28)34-19-5-8-22(15-19)42-34/h2-4,6-7,10-11,13-14,16,19,22-23,34,39,42H,5,8-9,12,15,17-18H2,1H3,(H,41,46)(H,43,44)/t19-,22+,23-,34-/m0/s1. The zero-order chi connectivity index (χ0) is 32.1. The van der Waals surface area contributed by atoms with Gasteiger partial charge in [-0.1, -0.05) is 53.5 Å². The molecule has 2 bridgehead atoms. The number of aromatic amines is 1. The van der Waals surface area contributed by atoms with Gasteiger partial charge in [-0.2, -0.15) is 0 Å². The number of halogens is 2. The number of carbonyl (C=O) groups is 1. The van der Waals surface area contributed by atoms with E-state index in [2.05, 4.69) is 32.0 Å². The molecular weight excluding hydrogens is 633 g/mol. The minimum Gasteiger partial charge on any atom is -0.481 e. The number of nitrogens with one attached hydrogen (secondary N) is 4. The molecule has 240 valence electrons. The van der Waals surface area contributed by atoms with E-state index >= 15 is 0 Å². The van der Waals surface area contributed by atoms with E-state index in [1.807, 2.05) is 48.5 Å². The van der Waals surface area contributed by atoms with E-state index in [0.717, 1.165) is 51.1 Å². The molecule has 3 aliphatic rings. The summed E-state index contributed by atoms with van der Waals surface area (Å²) >= 11 is 14.2. The van der Waals surface area contributed by atoms with E-state index in [9.17, 15) is 4.79 Å². The molecule has 2 saturated heterocycles. The maximum absolute atomic E-state index is 11.5. The number of hydrogen-bond acceptors (Lipinski definition) is 7. The number of methoxy groups -OCH3 is 1. The Balaban J connectivity index is 1.05. The van der Waals surface area contributed by atoms with E-state index in [0.29, 0.717) is 64.8 Å². The monoisotopic (exact) mass is 667 g/mol. The summed E-state index contributed by atoms with van der Waals surface area (Å²) in [6.07, 6.45) is 6.95. The van der Waals surface area contributed by atoms with Gasteiger partial charge in [-0.3, -0.25) is 9.78 Å². The summed E-state index contributed by atoms with van der Waals surface area (Å²) < 4.78 is 5.66. The lowest BCUT2D eigenvalue weighted by Crippen LogP contribution is -2.35. The molecular formula is C36H35Cl2N7O2. The van der Waals surface area contributed by atoms with Crippen LogP contribution in [0.25, 0.3) is 44.7 Å². The molecule has 3 fully saturated rings. The van der Waals surface area contributed by atoms with Crippen LogP contribution in [0.1, 0.15) is 49.5 Å². The quantitative estimate of drug-likeness (QED) is 0.136. The van der Waals surface area contributed by atoms with Crippen molar-refractivity contribution in [3.05, 3.63) is 82.2 Å². The second kappa shape index (κ2) is 12.5. The van der Waals surface area contributed by atoms with E-state index in [-0.39, 0.29) is 11.9 Å². The first kappa shape index (κ1) is 30.3. The number of ether oxygens (including phenoxy) is 1. The van der Waals surface area contributed by atoms with Crippen LogP contribution in [-0.4, -0.2) is 51.6 Å². The Bertz CT molecular complexity index is 2000. The third-order valence-electron chi connectivity index (χ3n) is 9.81. The van der Waals surface area contributed by atoms with Crippen molar-refractivity contribution in [1.82, 2.24) is 35.9 Å². The predicted octanol–water partition coefficient (Wildman–Crippen LogP) is 6.85. The molecule has 1 aliphatic carbocycles. The fraction of sp³-hybridized carbons (Fsp3) is 0.333. The molecule has 8 rings (SSSR count). The average molecular weight is 669 g/mol. The number of fused-ring (bicyclic) bond motifs is 3. The van der Waals surface area contributed by atoms with Crippen molar-refractivity contribution < 1.29 is 9.53 Å². The first-order valence-electron chi connectivity index (χ1n) is 16.2. The molecule has 11 heteroatoms. The van der Waals surface area contributed by atoms with Crippen molar-refractivity contribution in [2.45, 2.75) is 56.8 Å². The van der Waals surface area contributed by atoms with Gasteiger partial charge in [0.25, 0.3) is 0 Å². The van der Waals surface area contributed by atoms with E-state index < -0.39 is 0 Å². The molecule has 5 aromatic rings. The summed E-state index contributed by atoms with van der Waals surface area (Å²) in [5.41, 5.74) is 7.43. The molecule has 0 unspecified atom stereocenters. The fourth-order valence-corrected chi connectivity index (χ4v) is 8.07. The fourth-order valence-electron chi connectivity index (χ4n) is 7.42. The predicted molar refractivity (Wildman–Crippen MR) is 184 cm³/mol. The van der Waals surface area contributed by atoms with Crippen LogP contribution in [0.4, 0.5) is 0 Å². The zero-order valence-electron chi connectivity index (χ0n) is 25.9. The highest BCUT2D eigenvalue weighted by Gasteiger charge is 2.41. The van der Waals surface area contributed by atoms with Gasteiger partial charge < -0.3 is 25.7 Å². The summed E-state index contributed by atoms with van der Waals surface area (Å²) in [5.74, 6) is 2.29. The Morgan fingerprint density at radius 3 is 2.64 bits per heavy atom. The first-order chi connectivity index (χ1) is 22.9. The molecule has 5 heterocycles. The molecule has 4 atom stereocenters. The smallest absolute Gasteiger partial charge is 0.220 e. The van der Waals surface area contributed by atoms with Gasteiger partial charge in [-0.25, -0.2) is 9.97 Å². The number of piperidine rings is 1. The van der Waals surface area contributed by atoms with Crippen molar-refractivity contribution in [2.24, 2.45) is 5.92 Å². The van der Waals surface area contributed by atoms with Gasteiger partial charge in [0.05, 0.1) is 45.6 Å². The lowest BCUT2D eigenvalue weighted by molar-refractivity contribution is -0.119. The molecule has 3 aromatic heterocycles. The Morgan fingerprint density at radius 2 is 1.85 bits per heavy atom. The number of aromatic nitrogens is 4. The van der Waals surface area contributed by atoms with Crippen LogP contribution in [0.3, 0.4) is 0 Å². The molecule has 9 nitrogen and oxygen atoms in total. The second-order valence-corrected chi connectivity index (χ2v) is 13.5. The normalized spacial score (nSPS) is 21.9. The maximum atomic E-state index is 11.5. The largest absolute Gasteiger partial charge is 0.481 e. The Kier molecular flexibility index (Phi) is 8.09. The molecule has 2 aromatic carbocycles. The number of benzene rings is 2. The van der Waals surface area contributed by atoms with E-state index in [4.69, 9.17) is 37.9 Å². The highest BCUT2D eigenvalue weighted by Crippen LogP contribution is 2.44. The van der Waals surface area contributed by atoms with Gasteiger partial charge in [-0.05, 0) is 55.9 Å². The van der Waals surface area contributed by atoms with Crippen molar-refractivity contribution in [3.63, 3.8) is 0 Å². The zero-order valence-corrected chi connectivity index (χ0v) is 27.5. The van der Waals surface area contributed by atoms with Crippen LogP contribution in [0.2, 0.25) is 10.0 Å². The first-order valence-corrected chi connectivity index (χ1v) is 16.9. The molecule has 47 heavy (non-hydrogen) atoms. The Labute approximate surface area is 282 Å². The van der Waals surface area contributed by atoms with Crippen LogP contribution < -0.4 is 20.7 Å². The van der Waals surface area contributed by atoms with Gasteiger partial charge in [0.1, 0.15) is 5.82 Å². The highest BCUT2D eigenvalue weighted by molar-refractivity contribution is 6.39. The average Bonchev–Trinajstić information content (AvgIpc) is 3.90. The second-order valence-electron chi connectivity index (χ2n) is 12.8. The molecule has 0 radical (unpaired) electrons. The summed E-state index contributed by atoms with van der Waals surface area (Å²) in [4.78, 5) is 29.5. The van der Waals surface area contributed by atoms with Crippen molar-refractivity contribution in [2.75, 3.05) is 13.7 Å². The van der Waals surface area contributed by atoms with Crippen LogP contribution in [0.5, 0.6) is 5.88 Å². The van der Waals surface area contributed by atoms with E-state index in [1.165, 1.54) is 19.3 Å². The lowest BCUT2D eigenvalue weighted by atomic mass is 9.99. The number of hydrogen-bond donors (Lipinski definition) is 4. The van der Waals surface area contributed by atoms with Gasteiger partial charge >= 0.3 is 0 Å². The Morgan fingerprint density at radius 1 is 0.979 bits per heavy atom. The summed E-state index contributed by atoms with van der Waals surface area (Å²) in [5, 5.41) is 11.2. The third kappa shape index (κ3) is 5.75. The number of carbonyl (C=O) groups excluding carboxylic acids is 1. The van der Waals surface area contributed by atoms with E-state index in [1.54, 1.807) is 13.3 Å². The SMILES string of the molecule is COc1nc(-c2cccc(-c3ccnc(-c4ccc5nc([C@H]6N[C@@H]7CC[C@H]6C7)[nH]c5c4)c3Cl)c2Cl)ccc1CNC[C@@H]1CCC(=O)N1.